The Kier molecular flexibility index (Phi) is 4.53. The standard InChI is InChI=1S/C16H15F3O2/c1-2-21-14-5-3-4-11(9-14)15-7-6-13(16(17,18)19)8-12(15)10-20/h3-9,20H,2,10H2,1H3. The second-order valence-corrected chi connectivity index (χ2v) is 4.49. The minimum absolute atomic E-state index is 0.235. The van der Waals surface area contributed by atoms with Crippen molar-refractivity contribution in [2.45, 2.75) is 19.7 Å². The third-order valence-corrected chi connectivity index (χ3v) is 3.06. The maximum atomic E-state index is 12.7. The average molecular weight is 296 g/mol. The Hall–Kier alpha value is -2.01. The Balaban J connectivity index is 2.46. The molecule has 0 fully saturated rings. The van der Waals surface area contributed by atoms with Gasteiger partial charge in [-0.1, -0.05) is 18.2 Å². The summed E-state index contributed by atoms with van der Waals surface area (Å²) in [7, 11) is 0. The van der Waals surface area contributed by atoms with Gasteiger partial charge in [-0.25, -0.2) is 0 Å². The lowest BCUT2D eigenvalue weighted by Gasteiger charge is -2.13. The molecule has 0 saturated heterocycles. The SMILES string of the molecule is CCOc1cccc(-c2ccc(C(F)(F)F)cc2CO)c1. The molecule has 0 unspecified atom stereocenters. The summed E-state index contributed by atoms with van der Waals surface area (Å²) in [6.07, 6.45) is -4.42. The Morgan fingerprint density at radius 2 is 1.86 bits per heavy atom. The van der Waals surface area contributed by atoms with E-state index < -0.39 is 18.3 Å². The molecule has 0 bridgehead atoms. The summed E-state index contributed by atoms with van der Waals surface area (Å²) in [6.45, 7) is 1.89. The predicted octanol–water partition coefficient (Wildman–Crippen LogP) is 4.26. The maximum absolute atomic E-state index is 12.7. The molecule has 2 aromatic carbocycles. The first kappa shape index (κ1) is 15.4. The van der Waals surface area contributed by atoms with E-state index in [1.807, 2.05) is 6.92 Å². The van der Waals surface area contributed by atoms with Gasteiger partial charge < -0.3 is 9.84 Å². The van der Waals surface area contributed by atoms with E-state index >= 15 is 0 Å². The topological polar surface area (TPSA) is 29.5 Å². The highest BCUT2D eigenvalue weighted by atomic mass is 19.4. The Bertz CT molecular complexity index is 621. The number of aliphatic hydroxyl groups is 1. The number of hydrogen-bond donors (Lipinski definition) is 1. The second-order valence-electron chi connectivity index (χ2n) is 4.49. The van der Waals surface area contributed by atoms with Gasteiger partial charge in [-0.05, 0) is 47.9 Å². The zero-order chi connectivity index (χ0) is 15.5. The summed E-state index contributed by atoms with van der Waals surface area (Å²) in [4.78, 5) is 0. The smallest absolute Gasteiger partial charge is 0.416 e. The van der Waals surface area contributed by atoms with Gasteiger partial charge in [0.25, 0.3) is 0 Å². The molecular formula is C16H15F3O2. The highest BCUT2D eigenvalue weighted by molar-refractivity contribution is 5.69. The molecule has 112 valence electrons. The van der Waals surface area contributed by atoms with Crippen LogP contribution in [0.15, 0.2) is 42.5 Å². The van der Waals surface area contributed by atoms with E-state index in [-0.39, 0.29) is 5.56 Å². The summed E-state index contributed by atoms with van der Waals surface area (Å²) < 4.78 is 43.5. The van der Waals surface area contributed by atoms with Crippen molar-refractivity contribution in [1.82, 2.24) is 0 Å². The van der Waals surface area contributed by atoms with E-state index in [0.717, 1.165) is 12.1 Å². The van der Waals surface area contributed by atoms with Gasteiger partial charge in [-0.15, -0.1) is 0 Å². The molecule has 21 heavy (non-hydrogen) atoms. The van der Waals surface area contributed by atoms with Crippen LogP contribution in [0.3, 0.4) is 0 Å². The molecule has 0 aliphatic rings. The fourth-order valence-electron chi connectivity index (χ4n) is 2.10. The van der Waals surface area contributed by atoms with Crippen LogP contribution in [0.2, 0.25) is 0 Å². The van der Waals surface area contributed by atoms with Crippen molar-refractivity contribution >= 4 is 0 Å². The van der Waals surface area contributed by atoms with Crippen LogP contribution in [0.25, 0.3) is 11.1 Å². The van der Waals surface area contributed by atoms with Crippen LogP contribution in [0.4, 0.5) is 13.2 Å². The molecule has 0 saturated carbocycles. The minimum atomic E-state index is -4.42. The molecule has 0 aromatic heterocycles. The number of hydrogen-bond acceptors (Lipinski definition) is 2. The Morgan fingerprint density at radius 3 is 2.48 bits per heavy atom. The van der Waals surface area contributed by atoms with Gasteiger partial charge in [-0.3, -0.25) is 0 Å². The lowest BCUT2D eigenvalue weighted by Crippen LogP contribution is -2.06. The van der Waals surface area contributed by atoms with E-state index in [1.54, 1.807) is 24.3 Å². The summed E-state index contributed by atoms with van der Waals surface area (Å²) in [5.41, 5.74) is 0.737. The van der Waals surface area contributed by atoms with Gasteiger partial charge in [-0.2, -0.15) is 13.2 Å². The van der Waals surface area contributed by atoms with Crippen LogP contribution < -0.4 is 4.74 Å². The van der Waals surface area contributed by atoms with Crippen molar-refractivity contribution in [3.63, 3.8) is 0 Å². The highest BCUT2D eigenvalue weighted by Gasteiger charge is 2.30. The van der Waals surface area contributed by atoms with E-state index in [1.165, 1.54) is 6.07 Å². The molecule has 0 aliphatic carbocycles. The van der Waals surface area contributed by atoms with Crippen LogP contribution in [-0.2, 0) is 12.8 Å². The van der Waals surface area contributed by atoms with Crippen LogP contribution in [0.1, 0.15) is 18.1 Å². The van der Waals surface area contributed by atoms with Crippen molar-refractivity contribution < 1.29 is 23.0 Å². The molecule has 0 aliphatic heterocycles. The molecule has 0 spiro atoms. The first-order chi connectivity index (χ1) is 9.95. The highest BCUT2D eigenvalue weighted by Crippen LogP contribution is 2.34. The van der Waals surface area contributed by atoms with Gasteiger partial charge in [0.1, 0.15) is 5.75 Å². The van der Waals surface area contributed by atoms with Crippen LogP contribution in [0, 0.1) is 0 Å². The number of halogens is 3. The fraction of sp³-hybridized carbons (Fsp3) is 0.250. The minimum Gasteiger partial charge on any atom is -0.494 e. The molecular weight excluding hydrogens is 281 g/mol. The number of aliphatic hydroxyl groups excluding tert-OH is 1. The number of rotatable bonds is 4. The van der Waals surface area contributed by atoms with Crippen molar-refractivity contribution in [2.24, 2.45) is 0 Å². The van der Waals surface area contributed by atoms with Crippen molar-refractivity contribution in [3.05, 3.63) is 53.6 Å². The first-order valence-corrected chi connectivity index (χ1v) is 6.50. The third-order valence-electron chi connectivity index (χ3n) is 3.06. The fourth-order valence-corrected chi connectivity index (χ4v) is 2.10. The number of alkyl halides is 3. The predicted molar refractivity (Wildman–Crippen MR) is 74.0 cm³/mol. The monoisotopic (exact) mass is 296 g/mol. The van der Waals surface area contributed by atoms with Crippen molar-refractivity contribution in [2.75, 3.05) is 6.61 Å². The summed E-state index contributed by atoms with van der Waals surface area (Å²) in [5, 5.41) is 9.34. The van der Waals surface area contributed by atoms with Crippen LogP contribution >= 0.6 is 0 Å². The zero-order valence-corrected chi connectivity index (χ0v) is 11.4. The zero-order valence-electron chi connectivity index (χ0n) is 11.4. The molecule has 0 radical (unpaired) electrons. The molecule has 1 N–H and O–H groups in total. The second kappa shape index (κ2) is 6.18. The van der Waals surface area contributed by atoms with Crippen LogP contribution in [0.5, 0.6) is 5.75 Å². The summed E-state index contributed by atoms with van der Waals surface area (Å²) in [6, 6.07) is 10.4. The van der Waals surface area contributed by atoms with Gasteiger partial charge in [0.15, 0.2) is 0 Å². The molecule has 0 atom stereocenters. The molecule has 2 rings (SSSR count). The lowest BCUT2D eigenvalue weighted by molar-refractivity contribution is -0.137. The van der Waals surface area contributed by atoms with E-state index in [0.29, 0.717) is 23.5 Å². The Labute approximate surface area is 120 Å². The van der Waals surface area contributed by atoms with E-state index in [2.05, 4.69) is 0 Å². The molecule has 0 heterocycles. The molecule has 2 aromatic rings. The normalized spacial score (nSPS) is 11.5. The number of benzene rings is 2. The van der Waals surface area contributed by atoms with Gasteiger partial charge in [0.05, 0.1) is 18.8 Å². The van der Waals surface area contributed by atoms with E-state index in [9.17, 15) is 18.3 Å². The van der Waals surface area contributed by atoms with Crippen molar-refractivity contribution in [3.8, 4) is 16.9 Å². The first-order valence-electron chi connectivity index (χ1n) is 6.50. The van der Waals surface area contributed by atoms with Gasteiger partial charge in [0, 0.05) is 0 Å². The quantitative estimate of drug-likeness (QED) is 0.913. The summed E-state index contributed by atoms with van der Waals surface area (Å²) >= 11 is 0. The molecule has 2 nitrogen and oxygen atoms in total. The van der Waals surface area contributed by atoms with Crippen LogP contribution in [-0.4, -0.2) is 11.7 Å². The third kappa shape index (κ3) is 3.55. The Morgan fingerprint density at radius 1 is 1.10 bits per heavy atom. The maximum Gasteiger partial charge on any atom is 0.416 e. The number of ether oxygens (including phenoxy) is 1. The molecule has 0 amide bonds. The molecule has 5 heteroatoms. The lowest BCUT2D eigenvalue weighted by atomic mass is 9.97. The van der Waals surface area contributed by atoms with E-state index in [4.69, 9.17) is 4.74 Å². The summed E-state index contributed by atoms with van der Waals surface area (Å²) in [5.74, 6) is 0.638. The van der Waals surface area contributed by atoms with Crippen molar-refractivity contribution in [1.29, 1.82) is 0 Å². The van der Waals surface area contributed by atoms with Gasteiger partial charge >= 0.3 is 6.18 Å². The average Bonchev–Trinajstić information content (AvgIpc) is 2.46. The van der Waals surface area contributed by atoms with Gasteiger partial charge in [0.2, 0.25) is 0 Å². The largest absolute Gasteiger partial charge is 0.494 e.